The van der Waals surface area contributed by atoms with Crippen LogP contribution in [0.3, 0.4) is 0 Å². The number of rotatable bonds is 4. The van der Waals surface area contributed by atoms with Crippen molar-refractivity contribution in [2.45, 2.75) is 6.36 Å². The van der Waals surface area contributed by atoms with Gasteiger partial charge in [0, 0.05) is 11.1 Å². The number of nitrogens with zero attached hydrogens (tertiary/aromatic N) is 1. The molecule has 0 radical (unpaired) electrons. The molecular weight excluding hydrogens is 287 g/mol. The summed E-state index contributed by atoms with van der Waals surface area (Å²) in [5.41, 5.74) is 0.574. The molecule has 1 aromatic carbocycles. The highest BCUT2D eigenvalue weighted by atomic mass is 19.4. The van der Waals surface area contributed by atoms with Crippen LogP contribution in [-0.2, 0) is 0 Å². The summed E-state index contributed by atoms with van der Waals surface area (Å²) in [6.45, 7) is 0. The SMILES string of the molecule is COc1nc(C=O)ccc1-c1ccccc1OC(F)(F)F. The number of benzene rings is 1. The van der Waals surface area contributed by atoms with Gasteiger partial charge >= 0.3 is 6.36 Å². The van der Waals surface area contributed by atoms with E-state index in [2.05, 4.69) is 9.72 Å². The molecule has 110 valence electrons. The second-order valence-electron chi connectivity index (χ2n) is 3.95. The third-order valence-electron chi connectivity index (χ3n) is 2.60. The number of aldehydes is 1. The minimum absolute atomic E-state index is 0.0397. The molecule has 7 heteroatoms. The first-order valence-corrected chi connectivity index (χ1v) is 5.80. The number of carbonyl (C=O) groups excluding carboxylic acids is 1. The number of hydrogen-bond donors (Lipinski definition) is 0. The second kappa shape index (κ2) is 5.82. The van der Waals surface area contributed by atoms with Crippen LogP contribution in [0.1, 0.15) is 10.5 Å². The monoisotopic (exact) mass is 297 g/mol. The number of carbonyl (C=O) groups is 1. The van der Waals surface area contributed by atoms with Gasteiger partial charge < -0.3 is 9.47 Å². The molecule has 2 rings (SSSR count). The molecule has 0 N–H and O–H groups in total. The maximum atomic E-state index is 12.4. The van der Waals surface area contributed by atoms with Crippen molar-refractivity contribution >= 4 is 6.29 Å². The average molecular weight is 297 g/mol. The first kappa shape index (κ1) is 14.8. The minimum Gasteiger partial charge on any atom is -0.481 e. The number of halogens is 3. The first-order valence-electron chi connectivity index (χ1n) is 5.80. The number of para-hydroxylation sites is 1. The van der Waals surface area contributed by atoms with Crippen LogP contribution in [0.2, 0.25) is 0 Å². The van der Waals surface area contributed by atoms with Gasteiger partial charge in [-0.2, -0.15) is 0 Å². The average Bonchev–Trinajstić information content (AvgIpc) is 2.45. The van der Waals surface area contributed by atoms with E-state index in [-0.39, 0.29) is 22.9 Å². The lowest BCUT2D eigenvalue weighted by Gasteiger charge is -2.14. The number of ether oxygens (including phenoxy) is 2. The molecule has 0 amide bonds. The molecule has 0 aliphatic carbocycles. The molecule has 0 fully saturated rings. The van der Waals surface area contributed by atoms with Crippen LogP contribution in [0.15, 0.2) is 36.4 Å². The largest absolute Gasteiger partial charge is 0.573 e. The third-order valence-corrected chi connectivity index (χ3v) is 2.60. The summed E-state index contributed by atoms with van der Waals surface area (Å²) in [6.07, 6.45) is -4.29. The molecule has 0 saturated heterocycles. The van der Waals surface area contributed by atoms with Gasteiger partial charge in [0.2, 0.25) is 5.88 Å². The predicted molar refractivity (Wildman–Crippen MR) is 68.3 cm³/mol. The van der Waals surface area contributed by atoms with E-state index in [1.807, 2.05) is 0 Å². The molecule has 0 aliphatic rings. The fraction of sp³-hybridized carbons (Fsp3) is 0.143. The molecular formula is C14H10F3NO3. The van der Waals surface area contributed by atoms with E-state index < -0.39 is 6.36 Å². The van der Waals surface area contributed by atoms with Gasteiger partial charge in [0.05, 0.1) is 7.11 Å². The van der Waals surface area contributed by atoms with E-state index in [0.717, 1.165) is 0 Å². The van der Waals surface area contributed by atoms with Gasteiger partial charge in [-0.05, 0) is 18.2 Å². The Morgan fingerprint density at radius 1 is 1.10 bits per heavy atom. The van der Waals surface area contributed by atoms with E-state index in [1.165, 1.54) is 37.4 Å². The Morgan fingerprint density at radius 2 is 1.81 bits per heavy atom. The molecule has 0 bridgehead atoms. The number of alkyl halides is 3. The highest BCUT2D eigenvalue weighted by molar-refractivity contribution is 5.78. The Bertz CT molecular complexity index is 656. The van der Waals surface area contributed by atoms with Gasteiger partial charge in [-0.15, -0.1) is 13.2 Å². The van der Waals surface area contributed by atoms with Gasteiger partial charge in [0.15, 0.2) is 6.29 Å². The molecule has 1 aromatic heterocycles. The zero-order chi connectivity index (χ0) is 15.5. The molecule has 0 unspecified atom stereocenters. The highest BCUT2D eigenvalue weighted by Crippen LogP contribution is 2.37. The van der Waals surface area contributed by atoms with Crippen LogP contribution in [0.25, 0.3) is 11.1 Å². The van der Waals surface area contributed by atoms with Crippen LogP contribution < -0.4 is 9.47 Å². The third kappa shape index (κ3) is 3.50. The van der Waals surface area contributed by atoms with Crippen molar-refractivity contribution in [3.05, 3.63) is 42.1 Å². The fourth-order valence-corrected chi connectivity index (χ4v) is 1.78. The van der Waals surface area contributed by atoms with Crippen LogP contribution in [0, 0.1) is 0 Å². The van der Waals surface area contributed by atoms with Crippen molar-refractivity contribution in [1.29, 1.82) is 0 Å². The smallest absolute Gasteiger partial charge is 0.481 e. The number of pyridine rings is 1. The minimum atomic E-state index is -4.81. The van der Waals surface area contributed by atoms with Crippen molar-refractivity contribution < 1.29 is 27.4 Å². The van der Waals surface area contributed by atoms with Gasteiger partial charge in [-0.25, -0.2) is 4.98 Å². The standard InChI is InChI=1S/C14H10F3NO3/c1-20-13-11(7-6-9(8-19)18-13)10-4-2-3-5-12(10)21-14(15,16)17/h2-8H,1H3. The lowest BCUT2D eigenvalue weighted by Crippen LogP contribution is -2.17. The molecule has 21 heavy (non-hydrogen) atoms. The summed E-state index contributed by atoms with van der Waals surface area (Å²) in [4.78, 5) is 14.6. The maximum Gasteiger partial charge on any atom is 0.573 e. The van der Waals surface area contributed by atoms with E-state index in [1.54, 1.807) is 6.07 Å². The summed E-state index contributed by atoms with van der Waals surface area (Å²) >= 11 is 0. The normalized spacial score (nSPS) is 11.0. The maximum absolute atomic E-state index is 12.4. The van der Waals surface area contributed by atoms with Gasteiger partial charge in [0.1, 0.15) is 11.4 Å². The van der Waals surface area contributed by atoms with Crippen LogP contribution in [0.4, 0.5) is 13.2 Å². The van der Waals surface area contributed by atoms with E-state index in [0.29, 0.717) is 11.8 Å². The zero-order valence-electron chi connectivity index (χ0n) is 10.8. The van der Waals surface area contributed by atoms with Crippen molar-refractivity contribution in [2.75, 3.05) is 7.11 Å². The molecule has 4 nitrogen and oxygen atoms in total. The van der Waals surface area contributed by atoms with Gasteiger partial charge in [-0.3, -0.25) is 4.79 Å². The number of hydrogen-bond acceptors (Lipinski definition) is 4. The van der Waals surface area contributed by atoms with E-state index >= 15 is 0 Å². The second-order valence-corrected chi connectivity index (χ2v) is 3.95. The molecule has 0 atom stereocenters. The summed E-state index contributed by atoms with van der Waals surface area (Å²) in [5.74, 6) is -0.332. The van der Waals surface area contributed by atoms with E-state index in [9.17, 15) is 18.0 Å². The Hall–Kier alpha value is -2.57. The van der Waals surface area contributed by atoms with Gasteiger partial charge in [-0.1, -0.05) is 18.2 Å². The van der Waals surface area contributed by atoms with Crippen molar-refractivity contribution in [2.24, 2.45) is 0 Å². The Labute approximate surface area is 118 Å². The zero-order valence-corrected chi connectivity index (χ0v) is 10.8. The van der Waals surface area contributed by atoms with Crippen LogP contribution in [-0.4, -0.2) is 24.7 Å². The highest BCUT2D eigenvalue weighted by Gasteiger charge is 2.32. The van der Waals surface area contributed by atoms with Crippen LogP contribution in [0.5, 0.6) is 11.6 Å². The summed E-state index contributed by atoms with van der Waals surface area (Å²) in [7, 11) is 1.31. The molecule has 0 aliphatic heterocycles. The van der Waals surface area contributed by atoms with E-state index in [4.69, 9.17) is 4.74 Å². The molecule has 0 spiro atoms. The van der Waals surface area contributed by atoms with Crippen LogP contribution >= 0.6 is 0 Å². The molecule has 1 heterocycles. The molecule has 2 aromatic rings. The van der Waals surface area contributed by atoms with Gasteiger partial charge in [0.25, 0.3) is 0 Å². The summed E-state index contributed by atoms with van der Waals surface area (Å²) in [5, 5.41) is 0. The quantitative estimate of drug-likeness (QED) is 0.811. The lowest BCUT2D eigenvalue weighted by molar-refractivity contribution is -0.274. The van der Waals surface area contributed by atoms with Crippen molar-refractivity contribution in [3.8, 4) is 22.8 Å². The lowest BCUT2D eigenvalue weighted by atomic mass is 10.1. The summed E-state index contributed by atoms with van der Waals surface area (Å²) < 4.78 is 46.3. The predicted octanol–water partition coefficient (Wildman–Crippen LogP) is 3.47. The number of methoxy groups -OCH3 is 1. The molecule has 0 saturated carbocycles. The van der Waals surface area contributed by atoms with Crippen molar-refractivity contribution in [1.82, 2.24) is 4.98 Å². The first-order chi connectivity index (χ1) is 9.94. The van der Waals surface area contributed by atoms with Crippen molar-refractivity contribution in [3.63, 3.8) is 0 Å². The number of aromatic nitrogens is 1. The topological polar surface area (TPSA) is 48.4 Å². The Morgan fingerprint density at radius 3 is 2.43 bits per heavy atom. The Kier molecular flexibility index (Phi) is 4.11. The Balaban J connectivity index is 2.54. The fourth-order valence-electron chi connectivity index (χ4n) is 1.78. The summed E-state index contributed by atoms with van der Waals surface area (Å²) in [6, 6.07) is 8.45.